The fourth-order valence-corrected chi connectivity index (χ4v) is 2.38. The van der Waals surface area contributed by atoms with Gasteiger partial charge in [0.05, 0.1) is 0 Å². The van der Waals surface area contributed by atoms with Gasteiger partial charge in [0.15, 0.2) is 17.1 Å². The Morgan fingerprint density at radius 1 is 1.04 bits per heavy atom. The normalized spacial score (nSPS) is 11.4. The van der Waals surface area contributed by atoms with E-state index in [1.54, 1.807) is 0 Å². The average Bonchev–Trinajstić information content (AvgIpc) is 3.05. The van der Waals surface area contributed by atoms with Crippen molar-refractivity contribution >= 4 is 23.0 Å². The highest BCUT2D eigenvalue weighted by atomic mass is 19.3. The number of carbonyl (C=O) groups excluding carboxylic acids is 2. The molecule has 0 unspecified atom stereocenters. The molecule has 0 aliphatic carbocycles. The van der Waals surface area contributed by atoms with Crippen molar-refractivity contribution in [2.24, 2.45) is 0 Å². The molecule has 0 aliphatic heterocycles. The Kier molecular flexibility index (Phi) is 4.89. The number of carbonyl (C=O) groups is 2. The lowest BCUT2D eigenvalue weighted by atomic mass is 10.1. The zero-order chi connectivity index (χ0) is 19.7. The number of amides is 1. The highest BCUT2D eigenvalue weighted by molar-refractivity contribution is 6.03. The van der Waals surface area contributed by atoms with Crippen molar-refractivity contribution in [2.75, 3.05) is 5.32 Å². The molecule has 3 aromatic rings. The number of hydrogen-bond donors (Lipinski definition) is 1. The first-order chi connectivity index (χ1) is 12.8. The molecule has 27 heavy (non-hydrogen) atoms. The SMILES string of the molecule is CC(=O)c1ccc(NC(=O)c2cc3nc(C(F)F)cc(C(F)F)n3n2)cc1. The number of aromatic nitrogens is 3. The number of benzene rings is 1. The van der Waals surface area contributed by atoms with Crippen LogP contribution in [0.4, 0.5) is 23.2 Å². The summed E-state index contributed by atoms with van der Waals surface area (Å²) in [5.41, 5.74) is -1.39. The summed E-state index contributed by atoms with van der Waals surface area (Å²) in [6.45, 7) is 1.39. The summed E-state index contributed by atoms with van der Waals surface area (Å²) < 4.78 is 52.6. The third kappa shape index (κ3) is 3.78. The van der Waals surface area contributed by atoms with E-state index in [0.717, 1.165) is 6.07 Å². The maximum atomic E-state index is 13.1. The molecular formula is C17H12F4N4O2. The lowest BCUT2D eigenvalue weighted by Gasteiger charge is -2.06. The first-order valence-corrected chi connectivity index (χ1v) is 7.65. The molecule has 1 amide bonds. The van der Waals surface area contributed by atoms with Gasteiger partial charge in [-0.05, 0) is 37.3 Å². The minimum Gasteiger partial charge on any atom is -0.321 e. The van der Waals surface area contributed by atoms with Crippen molar-refractivity contribution < 1.29 is 27.2 Å². The second-order valence-electron chi connectivity index (χ2n) is 5.59. The van der Waals surface area contributed by atoms with Crippen LogP contribution in [0.15, 0.2) is 36.4 Å². The molecule has 0 aliphatic rings. The summed E-state index contributed by atoms with van der Waals surface area (Å²) >= 11 is 0. The van der Waals surface area contributed by atoms with Crippen molar-refractivity contribution in [1.29, 1.82) is 0 Å². The van der Waals surface area contributed by atoms with Gasteiger partial charge in [0, 0.05) is 17.3 Å². The van der Waals surface area contributed by atoms with E-state index in [1.807, 2.05) is 0 Å². The number of halogens is 4. The predicted molar refractivity (Wildman–Crippen MR) is 87.3 cm³/mol. The van der Waals surface area contributed by atoms with E-state index < -0.39 is 30.1 Å². The summed E-state index contributed by atoms with van der Waals surface area (Å²) in [4.78, 5) is 27.1. The largest absolute Gasteiger partial charge is 0.321 e. The lowest BCUT2D eigenvalue weighted by molar-refractivity contribution is 0.101. The van der Waals surface area contributed by atoms with Gasteiger partial charge in [0.25, 0.3) is 18.8 Å². The number of rotatable bonds is 5. The standard InChI is InChI=1S/C17H12F4N4O2/c1-8(26)9-2-4-10(5-3-9)22-17(27)12-7-14-23-11(15(18)19)6-13(16(20)21)25(14)24-12/h2-7,15-16H,1H3,(H,22,27). The van der Waals surface area contributed by atoms with Crippen molar-refractivity contribution in [3.63, 3.8) is 0 Å². The quantitative estimate of drug-likeness (QED) is 0.535. The molecule has 3 rings (SSSR count). The Morgan fingerprint density at radius 3 is 2.26 bits per heavy atom. The first kappa shape index (κ1) is 18.5. The fraction of sp³-hybridized carbons (Fsp3) is 0.176. The van der Waals surface area contributed by atoms with Crippen LogP contribution < -0.4 is 5.32 Å². The average molecular weight is 380 g/mol. The van der Waals surface area contributed by atoms with Gasteiger partial charge in [-0.3, -0.25) is 9.59 Å². The highest BCUT2D eigenvalue weighted by Gasteiger charge is 2.22. The van der Waals surface area contributed by atoms with E-state index in [4.69, 9.17) is 0 Å². The summed E-state index contributed by atoms with van der Waals surface area (Å²) in [6, 6.07) is 7.58. The molecule has 0 fully saturated rings. The lowest BCUT2D eigenvalue weighted by Crippen LogP contribution is -2.13. The second-order valence-corrected chi connectivity index (χ2v) is 5.59. The number of hydrogen-bond acceptors (Lipinski definition) is 4. The van der Waals surface area contributed by atoms with Crippen LogP contribution in [0.25, 0.3) is 5.65 Å². The fourth-order valence-electron chi connectivity index (χ4n) is 2.38. The predicted octanol–water partition coefficient (Wildman–Crippen LogP) is 4.06. The summed E-state index contributed by atoms with van der Waals surface area (Å²) in [6.07, 6.45) is -6.12. The van der Waals surface area contributed by atoms with Gasteiger partial charge in [0.1, 0.15) is 11.4 Å². The van der Waals surface area contributed by atoms with E-state index in [1.165, 1.54) is 31.2 Å². The number of nitrogens with zero attached hydrogens (tertiary/aromatic N) is 3. The topological polar surface area (TPSA) is 76.4 Å². The van der Waals surface area contributed by atoms with Crippen LogP contribution in [0, 0.1) is 0 Å². The maximum absolute atomic E-state index is 13.1. The number of anilines is 1. The van der Waals surface area contributed by atoms with E-state index >= 15 is 0 Å². The Morgan fingerprint density at radius 2 is 1.70 bits per heavy atom. The summed E-state index contributed by atoms with van der Waals surface area (Å²) in [7, 11) is 0. The van der Waals surface area contributed by atoms with E-state index in [-0.39, 0.29) is 17.1 Å². The molecular weight excluding hydrogens is 368 g/mol. The van der Waals surface area contributed by atoms with E-state index in [9.17, 15) is 27.2 Å². The van der Waals surface area contributed by atoms with Crippen LogP contribution in [0.1, 0.15) is 52.0 Å². The number of Topliss-reactive ketones (excluding diaryl/α,β-unsaturated/α-hetero) is 1. The first-order valence-electron chi connectivity index (χ1n) is 7.65. The van der Waals surface area contributed by atoms with Crippen LogP contribution >= 0.6 is 0 Å². The maximum Gasteiger partial charge on any atom is 0.280 e. The van der Waals surface area contributed by atoms with Crippen LogP contribution in [0.3, 0.4) is 0 Å². The minimum atomic E-state index is -3.08. The molecule has 0 radical (unpaired) electrons. The van der Waals surface area contributed by atoms with Crippen LogP contribution in [0.5, 0.6) is 0 Å². The molecule has 1 aromatic carbocycles. The minimum absolute atomic E-state index is 0.145. The summed E-state index contributed by atoms with van der Waals surface area (Å²) in [5.74, 6) is -0.886. The van der Waals surface area contributed by atoms with Gasteiger partial charge in [0.2, 0.25) is 0 Å². The van der Waals surface area contributed by atoms with E-state index in [0.29, 0.717) is 21.8 Å². The molecule has 0 atom stereocenters. The molecule has 0 saturated heterocycles. The molecule has 2 aromatic heterocycles. The monoisotopic (exact) mass is 380 g/mol. The van der Waals surface area contributed by atoms with Crippen molar-refractivity contribution in [3.8, 4) is 0 Å². The summed E-state index contributed by atoms with van der Waals surface area (Å²) in [5, 5.41) is 6.22. The van der Waals surface area contributed by atoms with Crippen molar-refractivity contribution in [2.45, 2.75) is 19.8 Å². The zero-order valence-electron chi connectivity index (χ0n) is 13.8. The van der Waals surface area contributed by atoms with Crippen molar-refractivity contribution in [3.05, 3.63) is 59.0 Å². The van der Waals surface area contributed by atoms with Gasteiger partial charge in [-0.2, -0.15) is 5.10 Å². The highest BCUT2D eigenvalue weighted by Crippen LogP contribution is 2.25. The Labute approximate surface area is 149 Å². The third-order valence-corrected chi connectivity index (χ3v) is 3.70. The number of fused-ring (bicyclic) bond motifs is 1. The Balaban J connectivity index is 1.93. The van der Waals surface area contributed by atoms with E-state index in [2.05, 4.69) is 15.4 Å². The molecule has 2 heterocycles. The molecule has 0 bridgehead atoms. The van der Waals surface area contributed by atoms with Crippen LogP contribution in [-0.4, -0.2) is 26.3 Å². The number of nitrogens with one attached hydrogen (secondary N) is 1. The van der Waals surface area contributed by atoms with Gasteiger partial charge in [-0.25, -0.2) is 27.1 Å². The zero-order valence-corrected chi connectivity index (χ0v) is 13.8. The van der Waals surface area contributed by atoms with Gasteiger partial charge in [-0.1, -0.05) is 0 Å². The molecule has 10 heteroatoms. The second kappa shape index (κ2) is 7.14. The third-order valence-electron chi connectivity index (χ3n) is 3.70. The number of alkyl halides is 4. The Hall–Kier alpha value is -3.30. The van der Waals surface area contributed by atoms with Gasteiger partial charge < -0.3 is 5.32 Å². The molecule has 140 valence electrons. The molecule has 0 saturated carbocycles. The number of ketones is 1. The molecule has 1 N–H and O–H groups in total. The molecule has 0 spiro atoms. The Bertz CT molecular complexity index is 1020. The van der Waals surface area contributed by atoms with Gasteiger partial charge >= 0.3 is 0 Å². The van der Waals surface area contributed by atoms with Crippen molar-refractivity contribution in [1.82, 2.24) is 14.6 Å². The van der Waals surface area contributed by atoms with Crippen LogP contribution in [-0.2, 0) is 0 Å². The molecule has 6 nitrogen and oxygen atoms in total. The van der Waals surface area contributed by atoms with Crippen LogP contribution in [0.2, 0.25) is 0 Å². The van der Waals surface area contributed by atoms with Gasteiger partial charge in [-0.15, -0.1) is 0 Å². The smallest absolute Gasteiger partial charge is 0.280 e.